The molecule has 2 aromatic rings. The number of nitrogens with zero attached hydrogens (tertiary/aromatic N) is 3. The Morgan fingerprint density at radius 1 is 1.10 bits per heavy atom. The van der Waals surface area contributed by atoms with Gasteiger partial charge >= 0.3 is 6.18 Å². The van der Waals surface area contributed by atoms with Gasteiger partial charge in [-0.1, -0.05) is 39.0 Å². The number of hydrogen-bond donors (Lipinski definition) is 0. The molecule has 0 unspecified atom stereocenters. The Hall–Kier alpha value is -1.56. The van der Waals surface area contributed by atoms with E-state index < -0.39 is 11.7 Å². The molecule has 0 saturated heterocycles. The Bertz CT molecular complexity index is 642. The van der Waals surface area contributed by atoms with Crippen LogP contribution in [0.25, 0.3) is 0 Å². The molecule has 0 amide bonds. The summed E-state index contributed by atoms with van der Waals surface area (Å²) >= 11 is 5.98. The molecule has 1 heterocycles. The third-order valence-corrected chi connectivity index (χ3v) is 3.31. The van der Waals surface area contributed by atoms with E-state index in [1.54, 1.807) is 6.07 Å². The van der Waals surface area contributed by atoms with E-state index in [4.69, 9.17) is 11.6 Å². The van der Waals surface area contributed by atoms with Gasteiger partial charge in [0.15, 0.2) is 0 Å². The number of halogens is 4. The van der Waals surface area contributed by atoms with Crippen molar-refractivity contribution in [2.45, 2.75) is 38.9 Å². The van der Waals surface area contributed by atoms with Gasteiger partial charge in [0, 0.05) is 5.41 Å². The maximum Gasteiger partial charge on any atom is 0.416 e. The van der Waals surface area contributed by atoms with Gasteiger partial charge in [0.05, 0.1) is 12.1 Å². The topological polar surface area (TPSA) is 30.7 Å². The highest BCUT2D eigenvalue weighted by atomic mass is 35.5. The first-order chi connectivity index (χ1) is 9.60. The fourth-order valence-corrected chi connectivity index (χ4v) is 2.26. The van der Waals surface area contributed by atoms with Crippen LogP contribution in [-0.4, -0.2) is 14.8 Å². The van der Waals surface area contributed by atoms with Gasteiger partial charge in [-0.25, -0.2) is 0 Å². The smallest absolute Gasteiger partial charge is 0.297 e. The monoisotopic (exact) mass is 317 g/mol. The summed E-state index contributed by atoms with van der Waals surface area (Å²) in [6, 6.07) is 5.43. The van der Waals surface area contributed by atoms with Gasteiger partial charge in [-0.15, -0.1) is 10.2 Å². The lowest BCUT2D eigenvalue weighted by atomic mass is 9.95. The molecule has 7 heteroatoms. The summed E-state index contributed by atoms with van der Waals surface area (Å²) < 4.78 is 40.6. The maximum absolute atomic E-state index is 13.0. The molecule has 0 radical (unpaired) electrons. The summed E-state index contributed by atoms with van der Waals surface area (Å²) in [5.41, 5.74) is -0.903. The van der Waals surface area contributed by atoms with Crippen LogP contribution in [0.15, 0.2) is 24.3 Å². The largest absolute Gasteiger partial charge is 0.416 e. The van der Waals surface area contributed by atoms with Gasteiger partial charge in [0.2, 0.25) is 5.28 Å². The third kappa shape index (κ3) is 3.37. The molecule has 0 aliphatic rings. The Labute approximate surface area is 125 Å². The Morgan fingerprint density at radius 3 is 2.29 bits per heavy atom. The quantitative estimate of drug-likeness (QED) is 0.827. The average molecular weight is 318 g/mol. The predicted molar refractivity (Wildman–Crippen MR) is 74.3 cm³/mol. The lowest BCUT2D eigenvalue weighted by Gasteiger charge is -2.20. The van der Waals surface area contributed by atoms with Crippen molar-refractivity contribution < 1.29 is 13.2 Å². The van der Waals surface area contributed by atoms with Gasteiger partial charge in [0.1, 0.15) is 5.82 Å². The molecule has 0 atom stereocenters. The molecule has 0 aliphatic carbocycles. The van der Waals surface area contributed by atoms with Crippen LogP contribution in [0.5, 0.6) is 0 Å². The summed E-state index contributed by atoms with van der Waals surface area (Å²) in [6.07, 6.45) is -4.40. The zero-order valence-electron chi connectivity index (χ0n) is 11.9. The molecule has 0 N–H and O–H groups in total. The van der Waals surface area contributed by atoms with Crippen molar-refractivity contribution in [2.24, 2.45) is 0 Å². The molecule has 0 bridgehead atoms. The molecule has 1 aromatic carbocycles. The molecule has 114 valence electrons. The number of hydrogen-bond acceptors (Lipinski definition) is 2. The first-order valence-corrected chi connectivity index (χ1v) is 6.73. The molecule has 2 rings (SSSR count). The van der Waals surface area contributed by atoms with Crippen molar-refractivity contribution in [1.82, 2.24) is 14.8 Å². The number of rotatable bonds is 2. The fourth-order valence-electron chi connectivity index (χ4n) is 2.08. The lowest BCUT2D eigenvalue weighted by molar-refractivity contribution is -0.138. The predicted octanol–water partition coefficient (Wildman–Crippen LogP) is 4.30. The fraction of sp³-hybridized carbons (Fsp3) is 0.429. The van der Waals surface area contributed by atoms with Crippen molar-refractivity contribution in [3.8, 4) is 0 Å². The lowest BCUT2D eigenvalue weighted by Crippen LogP contribution is -2.21. The first kappa shape index (κ1) is 15.8. The van der Waals surface area contributed by atoms with Gasteiger partial charge in [-0.2, -0.15) is 13.2 Å². The van der Waals surface area contributed by atoms with E-state index in [0.29, 0.717) is 5.82 Å². The molecular weight excluding hydrogens is 303 g/mol. The minimum Gasteiger partial charge on any atom is -0.297 e. The summed E-state index contributed by atoms with van der Waals surface area (Å²) in [4.78, 5) is 0. The second-order valence-electron chi connectivity index (χ2n) is 5.78. The van der Waals surface area contributed by atoms with Crippen LogP contribution in [0, 0.1) is 0 Å². The average Bonchev–Trinajstić information content (AvgIpc) is 2.70. The highest BCUT2D eigenvalue weighted by molar-refractivity contribution is 6.28. The standard InChI is InChI=1S/C14H15ClF3N3/c1-13(2,3)11-19-20-12(15)21(11)8-9-6-4-5-7-10(9)14(16,17)18/h4-7H,8H2,1-3H3. The number of aromatic nitrogens is 3. The van der Waals surface area contributed by atoms with Crippen LogP contribution in [0.4, 0.5) is 13.2 Å². The Kier molecular flexibility index (Phi) is 4.02. The normalized spacial score (nSPS) is 12.7. The second kappa shape index (κ2) is 5.33. The van der Waals surface area contributed by atoms with Gasteiger partial charge in [-0.05, 0) is 23.2 Å². The van der Waals surface area contributed by atoms with E-state index in [0.717, 1.165) is 6.07 Å². The van der Waals surface area contributed by atoms with Crippen molar-refractivity contribution in [2.75, 3.05) is 0 Å². The first-order valence-electron chi connectivity index (χ1n) is 6.35. The molecule has 0 aliphatic heterocycles. The number of benzene rings is 1. The third-order valence-electron chi connectivity index (χ3n) is 3.03. The van der Waals surface area contributed by atoms with Crippen LogP contribution in [0.1, 0.15) is 37.7 Å². The second-order valence-corrected chi connectivity index (χ2v) is 6.12. The van der Waals surface area contributed by atoms with Crippen molar-refractivity contribution >= 4 is 11.6 Å². The molecule has 21 heavy (non-hydrogen) atoms. The molecule has 3 nitrogen and oxygen atoms in total. The van der Waals surface area contributed by atoms with Crippen LogP contribution in [0.3, 0.4) is 0 Å². The van der Waals surface area contributed by atoms with Gasteiger partial charge < -0.3 is 0 Å². The van der Waals surface area contributed by atoms with Crippen molar-refractivity contribution in [3.05, 3.63) is 46.5 Å². The van der Waals surface area contributed by atoms with E-state index >= 15 is 0 Å². The summed E-state index contributed by atoms with van der Waals surface area (Å²) in [5.74, 6) is 0.546. The Morgan fingerprint density at radius 2 is 1.71 bits per heavy atom. The summed E-state index contributed by atoms with van der Waals surface area (Å²) in [5, 5.41) is 7.82. The zero-order valence-corrected chi connectivity index (χ0v) is 12.6. The molecule has 1 aromatic heterocycles. The maximum atomic E-state index is 13.0. The van der Waals surface area contributed by atoms with Crippen molar-refractivity contribution in [1.29, 1.82) is 0 Å². The molecule has 0 fully saturated rings. The number of alkyl halides is 3. The van der Waals surface area contributed by atoms with E-state index in [1.807, 2.05) is 20.8 Å². The van der Waals surface area contributed by atoms with Crippen LogP contribution in [-0.2, 0) is 18.1 Å². The molecular formula is C14H15ClF3N3. The minimum absolute atomic E-state index is 0.0197. The van der Waals surface area contributed by atoms with E-state index in [1.165, 1.54) is 16.7 Å². The summed E-state index contributed by atoms with van der Waals surface area (Å²) in [7, 11) is 0. The van der Waals surface area contributed by atoms with Gasteiger partial charge in [0.25, 0.3) is 0 Å². The SMILES string of the molecule is CC(C)(C)c1nnc(Cl)n1Cc1ccccc1C(F)(F)F. The van der Waals surface area contributed by atoms with Crippen LogP contribution in [0.2, 0.25) is 5.28 Å². The minimum atomic E-state index is -4.40. The molecule has 0 spiro atoms. The van der Waals surface area contributed by atoms with Crippen molar-refractivity contribution in [3.63, 3.8) is 0 Å². The van der Waals surface area contributed by atoms with E-state index in [9.17, 15) is 13.2 Å². The highest BCUT2D eigenvalue weighted by Gasteiger charge is 2.33. The van der Waals surface area contributed by atoms with Gasteiger partial charge in [-0.3, -0.25) is 4.57 Å². The Balaban J connectivity index is 2.48. The van der Waals surface area contributed by atoms with E-state index in [-0.39, 0.29) is 22.8 Å². The van der Waals surface area contributed by atoms with Crippen LogP contribution < -0.4 is 0 Å². The summed E-state index contributed by atoms with van der Waals surface area (Å²) in [6.45, 7) is 5.69. The zero-order chi connectivity index (χ0) is 15.8. The molecule has 0 saturated carbocycles. The van der Waals surface area contributed by atoms with E-state index in [2.05, 4.69) is 10.2 Å². The highest BCUT2D eigenvalue weighted by Crippen LogP contribution is 2.33. The van der Waals surface area contributed by atoms with Crippen LogP contribution >= 0.6 is 11.6 Å².